The average molecular weight is 369 g/mol. The first-order valence-electron chi connectivity index (χ1n) is 8.14. The van der Waals surface area contributed by atoms with E-state index in [0.29, 0.717) is 24.5 Å². The molecule has 1 amide bonds. The predicted octanol–water partition coefficient (Wildman–Crippen LogP) is 0.653. The largest absolute Gasteiger partial charge is 0.478 e. The van der Waals surface area contributed by atoms with Crippen molar-refractivity contribution < 1.29 is 29.0 Å². The van der Waals surface area contributed by atoms with E-state index in [4.69, 9.17) is 14.6 Å². The lowest BCUT2D eigenvalue weighted by atomic mass is 10.3. The highest BCUT2D eigenvalue weighted by molar-refractivity contribution is 5.91. The van der Waals surface area contributed by atoms with E-state index in [1.54, 1.807) is 12.1 Å². The number of carbonyl (C=O) groups is 3. The van der Waals surface area contributed by atoms with Crippen molar-refractivity contribution in [2.24, 2.45) is 0 Å². The van der Waals surface area contributed by atoms with Crippen LogP contribution in [0.2, 0.25) is 0 Å². The van der Waals surface area contributed by atoms with Crippen LogP contribution >= 0.6 is 0 Å². The number of amides is 1. The Hall–Kier alpha value is -2.65. The molecule has 26 heavy (non-hydrogen) atoms. The predicted molar refractivity (Wildman–Crippen MR) is 96.1 cm³/mol. The van der Waals surface area contributed by atoms with Crippen molar-refractivity contribution in [3.63, 3.8) is 0 Å². The molecule has 1 rings (SSSR count). The maximum atomic E-state index is 11.5. The molecule has 0 unspecified atom stereocenters. The fourth-order valence-electron chi connectivity index (χ4n) is 1.70. The van der Waals surface area contributed by atoms with E-state index in [1.807, 2.05) is 0 Å². The summed E-state index contributed by atoms with van der Waals surface area (Å²) in [6.07, 6.45) is 4.69. The number of nitrogens with zero attached hydrogens (tertiary/aromatic N) is 1. The van der Waals surface area contributed by atoms with Gasteiger partial charge in [-0.3, -0.25) is 4.79 Å². The van der Waals surface area contributed by atoms with E-state index in [2.05, 4.69) is 29.6 Å². The highest BCUT2D eigenvalue weighted by atomic mass is 16.4. The lowest BCUT2D eigenvalue weighted by Crippen LogP contribution is -2.28. The van der Waals surface area contributed by atoms with Crippen molar-refractivity contribution in [2.45, 2.75) is 12.8 Å². The van der Waals surface area contributed by atoms with E-state index < -0.39 is 11.9 Å². The zero-order valence-corrected chi connectivity index (χ0v) is 15.1. The number of aliphatic carboxylic acids is 2. The number of hydrogen-bond acceptors (Lipinski definition) is 6. The summed E-state index contributed by atoms with van der Waals surface area (Å²) in [6.45, 7) is 3.71. The molecule has 1 heterocycles. The molecule has 1 aromatic heterocycles. The van der Waals surface area contributed by atoms with Crippen LogP contribution in [-0.4, -0.2) is 73.2 Å². The summed E-state index contributed by atoms with van der Waals surface area (Å²) < 4.78 is 5.00. The van der Waals surface area contributed by atoms with Crippen molar-refractivity contribution in [1.82, 2.24) is 15.5 Å². The van der Waals surface area contributed by atoms with Gasteiger partial charge in [0, 0.05) is 18.7 Å². The fourth-order valence-corrected chi connectivity index (χ4v) is 1.70. The second-order valence-corrected chi connectivity index (χ2v) is 5.50. The van der Waals surface area contributed by atoms with Crippen LogP contribution in [0.1, 0.15) is 23.4 Å². The summed E-state index contributed by atoms with van der Waals surface area (Å²) in [6, 6.07) is 3.37. The average Bonchev–Trinajstić information content (AvgIpc) is 3.10. The Balaban J connectivity index is 0.000000660. The first-order chi connectivity index (χ1) is 12.3. The van der Waals surface area contributed by atoms with Gasteiger partial charge in [0.2, 0.25) is 0 Å². The Morgan fingerprint density at radius 3 is 2.19 bits per heavy atom. The molecule has 0 bridgehead atoms. The number of carbonyl (C=O) groups excluding carboxylic acids is 1. The van der Waals surface area contributed by atoms with Crippen molar-refractivity contribution in [1.29, 1.82) is 0 Å². The minimum atomic E-state index is -1.26. The molecule has 0 aliphatic carbocycles. The van der Waals surface area contributed by atoms with Gasteiger partial charge >= 0.3 is 11.9 Å². The maximum Gasteiger partial charge on any atom is 0.328 e. The van der Waals surface area contributed by atoms with Crippen LogP contribution in [-0.2, 0) is 9.59 Å². The molecule has 0 saturated heterocycles. The van der Waals surface area contributed by atoms with Gasteiger partial charge < -0.3 is 30.2 Å². The first kappa shape index (κ1) is 23.4. The van der Waals surface area contributed by atoms with E-state index in [0.717, 1.165) is 32.5 Å². The number of carboxylic acid groups (broad SMARTS) is 2. The van der Waals surface area contributed by atoms with Gasteiger partial charge in [0.05, 0.1) is 6.26 Å². The molecule has 0 fully saturated rings. The van der Waals surface area contributed by atoms with Gasteiger partial charge in [0.25, 0.3) is 5.91 Å². The summed E-state index contributed by atoms with van der Waals surface area (Å²) >= 11 is 0. The smallest absolute Gasteiger partial charge is 0.328 e. The van der Waals surface area contributed by atoms with Gasteiger partial charge in [-0.25, -0.2) is 9.59 Å². The zero-order valence-electron chi connectivity index (χ0n) is 15.1. The van der Waals surface area contributed by atoms with Crippen LogP contribution in [0.4, 0.5) is 0 Å². The number of rotatable bonds is 11. The molecular formula is C17H27N3O6. The van der Waals surface area contributed by atoms with E-state index in [-0.39, 0.29) is 5.91 Å². The molecule has 0 aliphatic heterocycles. The number of carboxylic acids is 2. The summed E-state index contributed by atoms with van der Waals surface area (Å²) in [5.41, 5.74) is 0. The molecular weight excluding hydrogens is 342 g/mol. The standard InChI is InChI=1S/C13H23N3O2.C4H4O4/c1-16(2)10-5-8-14-7-4-9-15-13(17)12-6-3-11-18-12;5-3(6)1-2-4(7)8/h3,6,11,14H,4-5,7-10H2,1-2H3,(H,15,17);1-2H,(H,5,6)(H,7,8)/b;2-1+. The van der Waals surface area contributed by atoms with Gasteiger partial charge in [-0.15, -0.1) is 0 Å². The Morgan fingerprint density at radius 2 is 1.69 bits per heavy atom. The molecule has 9 nitrogen and oxygen atoms in total. The Labute approximate surface area is 152 Å². The molecule has 0 spiro atoms. The van der Waals surface area contributed by atoms with Gasteiger partial charge in [-0.05, 0) is 58.7 Å². The van der Waals surface area contributed by atoms with E-state index in [9.17, 15) is 14.4 Å². The quantitative estimate of drug-likeness (QED) is 0.330. The first-order valence-corrected chi connectivity index (χ1v) is 8.14. The van der Waals surface area contributed by atoms with Gasteiger partial charge in [-0.1, -0.05) is 0 Å². The Morgan fingerprint density at radius 1 is 1.08 bits per heavy atom. The Kier molecular flexibility index (Phi) is 13.2. The van der Waals surface area contributed by atoms with E-state index >= 15 is 0 Å². The summed E-state index contributed by atoms with van der Waals surface area (Å²) in [7, 11) is 4.15. The third-order valence-corrected chi connectivity index (χ3v) is 2.89. The number of nitrogens with one attached hydrogen (secondary N) is 2. The number of hydrogen-bond donors (Lipinski definition) is 4. The lowest BCUT2D eigenvalue weighted by molar-refractivity contribution is -0.134. The van der Waals surface area contributed by atoms with Crippen LogP contribution in [0.15, 0.2) is 35.0 Å². The maximum absolute atomic E-state index is 11.5. The molecule has 0 aromatic carbocycles. The third-order valence-electron chi connectivity index (χ3n) is 2.89. The summed E-state index contributed by atoms with van der Waals surface area (Å²) in [5.74, 6) is -2.29. The molecule has 0 aliphatic rings. The molecule has 9 heteroatoms. The SMILES string of the molecule is CN(C)CCCNCCCNC(=O)c1ccco1.O=C(O)/C=C/C(=O)O. The number of furan rings is 1. The fraction of sp³-hybridized carbons (Fsp3) is 0.471. The van der Waals surface area contributed by atoms with Crippen LogP contribution in [0.25, 0.3) is 0 Å². The van der Waals surface area contributed by atoms with Crippen molar-refractivity contribution in [2.75, 3.05) is 40.3 Å². The van der Waals surface area contributed by atoms with Gasteiger partial charge in [0.15, 0.2) is 5.76 Å². The van der Waals surface area contributed by atoms with Gasteiger partial charge in [-0.2, -0.15) is 0 Å². The minimum Gasteiger partial charge on any atom is -0.478 e. The van der Waals surface area contributed by atoms with Crippen molar-refractivity contribution >= 4 is 17.8 Å². The monoisotopic (exact) mass is 369 g/mol. The summed E-state index contributed by atoms with van der Waals surface area (Å²) in [5, 5.41) is 21.8. The normalized spacial score (nSPS) is 10.4. The highest BCUT2D eigenvalue weighted by Crippen LogP contribution is 1.98. The molecule has 146 valence electrons. The van der Waals surface area contributed by atoms with E-state index in [1.165, 1.54) is 6.26 Å². The molecule has 0 radical (unpaired) electrons. The van der Waals surface area contributed by atoms with Crippen molar-refractivity contribution in [3.8, 4) is 0 Å². The van der Waals surface area contributed by atoms with Gasteiger partial charge in [0.1, 0.15) is 0 Å². The second kappa shape index (κ2) is 14.7. The molecule has 0 saturated carbocycles. The molecule has 4 N–H and O–H groups in total. The zero-order chi connectivity index (χ0) is 19.8. The third kappa shape index (κ3) is 14.9. The second-order valence-electron chi connectivity index (χ2n) is 5.50. The topological polar surface area (TPSA) is 132 Å². The highest BCUT2D eigenvalue weighted by Gasteiger charge is 2.06. The lowest BCUT2D eigenvalue weighted by Gasteiger charge is -2.09. The van der Waals surface area contributed by atoms with Crippen LogP contribution in [0, 0.1) is 0 Å². The van der Waals surface area contributed by atoms with Crippen molar-refractivity contribution in [3.05, 3.63) is 36.3 Å². The minimum absolute atomic E-state index is 0.146. The Bertz CT molecular complexity index is 539. The molecule has 0 atom stereocenters. The summed E-state index contributed by atoms with van der Waals surface area (Å²) in [4.78, 5) is 32.8. The molecule has 1 aromatic rings. The van der Waals surface area contributed by atoms with Crippen LogP contribution in [0.5, 0.6) is 0 Å². The van der Waals surface area contributed by atoms with Crippen LogP contribution < -0.4 is 10.6 Å². The van der Waals surface area contributed by atoms with Crippen LogP contribution in [0.3, 0.4) is 0 Å².